The number of hydrogen-bond acceptors (Lipinski definition) is 6. The molecule has 1 atom stereocenters. The normalized spacial score (nSPS) is 16.0. The standard InChI is InChI=1S/C22H26ClN3O5/c1-28-17-9-14(10-18(12-17)29-2)21(27)26-22(24-13-16-5-4-8-31-16)25-19-11-15(23)6-7-20(19)30-3/h6-7,9-12,16H,4-5,8,13H2,1-3H3,(H2,24,25,26,27). The van der Waals surface area contributed by atoms with Crippen LogP contribution >= 0.6 is 11.6 Å². The SMILES string of the molecule is COc1cc(OC)cc(C(=O)NC(=NCC2CCCO2)Nc2cc(Cl)ccc2OC)c1. The number of nitrogens with one attached hydrogen (secondary N) is 2. The Morgan fingerprint density at radius 3 is 2.48 bits per heavy atom. The highest BCUT2D eigenvalue weighted by Gasteiger charge is 2.17. The summed E-state index contributed by atoms with van der Waals surface area (Å²) in [5.74, 6) is 1.45. The van der Waals surface area contributed by atoms with Gasteiger partial charge in [0.05, 0.1) is 39.7 Å². The largest absolute Gasteiger partial charge is 0.497 e. The number of amides is 1. The van der Waals surface area contributed by atoms with Crippen molar-refractivity contribution in [2.24, 2.45) is 4.99 Å². The van der Waals surface area contributed by atoms with Crippen LogP contribution < -0.4 is 24.8 Å². The lowest BCUT2D eigenvalue weighted by Crippen LogP contribution is -2.37. The molecule has 0 radical (unpaired) electrons. The molecule has 2 aromatic rings. The molecule has 2 N–H and O–H groups in total. The van der Waals surface area contributed by atoms with Gasteiger partial charge in [0.15, 0.2) is 0 Å². The van der Waals surface area contributed by atoms with Crippen LogP contribution in [0.5, 0.6) is 17.2 Å². The molecule has 9 heteroatoms. The molecule has 1 saturated heterocycles. The maximum atomic E-state index is 13.0. The second kappa shape index (κ2) is 10.9. The maximum Gasteiger partial charge on any atom is 0.258 e. The molecular formula is C22H26ClN3O5. The summed E-state index contributed by atoms with van der Waals surface area (Å²) in [5, 5.41) is 6.44. The Hall–Kier alpha value is -2.97. The molecule has 31 heavy (non-hydrogen) atoms. The van der Waals surface area contributed by atoms with E-state index in [0.717, 1.165) is 19.4 Å². The second-order valence-corrected chi connectivity index (χ2v) is 7.29. The van der Waals surface area contributed by atoms with Crippen LogP contribution in [-0.2, 0) is 4.74 Å². The smallest absolute Gasteiger partial charge is 0.258 e. The maximum absolute atomic E-state index is 13.0. The van der Waals surface area contributed by atoms with E-state index in [1.807, 2.05) is 0 Å². The molecule has 1 aliphatic heterocycles. The zero-order valence-corrected chi connectivity index (χ0v) is 18.5. The number of rotatable bonds is 7. The molecule has 1 unspecified atom stereocenters. The summed E-state index contributed by atoms with van der Waals surface area (Å²) < 4.78 is 21.5. The Labute approximate surface area is 186 Å². The van der Waals surface area contributed by atoms with Gasteiger partial charge in [-0.05, 0) is 43.2 Å². The predicted molar refractivity (Wildman–Crippen MR) is 120 cm³/mol. The van der Waals surface area contributed by atoms with Crippen LogP contribution in [0, 0.1) is 0 Å². The third-order valence-corrected chi connectivity index (χ3v) is 4.97. The van der Waals surface area contributed by atoms with Gasteiger partial charge in [-0.3, -0.25) is 10.1 Å². The van der Waals surface area contributed by atoms with Crippen molar-refractivity contribution in [2.45, 2.75) is 18.9 Å². The molecule has 0 aromatic heterocycles. The van der Waals surface area contributed by atoms with E-state index in [-0.39, 0.29) is 18.0 Å². The first-order valence-corrected chi connectivity index (χ1v) is 10.2. The van der Waals surface area contributed by atoms with Gasteiger partial charge < -0.3 is 24.3 Å². The summed E-state index contributed by atoms with van der Waals surface area (Å²) in [6.07, 6.45) is 1.95. The molecular weight excluding hydrogens is 422 g/mol. The predicted octanol–water partition coefficient (Wildman–Crippen LogP) is 3.74. The summed E-state index contributed by atoms with van der Waals surface area (Å²) >= 11 is 6.14. The number of carbonyl (C=O) groups is 1. The molecule has 1 amide bonds. The van der Waals surface area contributed by atoms with Gasteiger partial charge in [-0.2, -0.15) is 0 Å². The minimum Gasteiger partial charge on any atom is -0.497 e. The van der Waals surface area contributed by atoms with E-state index in [1.165, 1.54) is 14.2 Å². The molecule has 1 fully saturated rings. The fraction of sp³-hybridized carbons (Fsp3) is 0.364. The van der Waals surface area contributed by atoms with Gasteiger partial charge in [-0.1, -0.05) is 11.6 Å². The van der Waals surface area contributed by atoms with Crippen LogP contribution in [0.1, 0.15) is 23.2 Å². The lowest BCUT2D eigenvalue weighted by molar-refractivity contribution is 0.0975. The molecule has 1 aliphatic rings. The van der Waals surface area contributed by atoms with E-state index in [9.17, 15) is 4.79 Å². The highest BCUT2D eigenvalue weighted by Crippen LogP contribution is 2.28. The molecule has 2 aromatic carbocycles. The van der Waals surface area contributed by atoms with Gasteiger partial charge in [0.2, 0.25) is 5.96 Å². The van der Waals surface area contributed by atoms with Gasteiger partial charge in [0, 0.05) is 23.3 Å². The minimum absolute atomic E-state index is 0.0203. The Bertz CT molecular complexity index is 922. The Kier molecular flexibility index (Phi) is 7.97. The van der Waals surface area contributed by atoms with Crippen LogP contribution in [0.3, 0.4) is 0 Å². The fourth-order valence-corrected chi connectivity index (χ4v) is 3.29. The zero-order chi connectivity index (χ0) is 22.2. The van der Waals surface area contributed by atoms with Gasteiger partial charge in [-0.25, -0.2) is 4.99 Å². The Morgan fingerprint density at radius 1 is 1.13 bits per heavy atom. The fourth-order valence-electron chi connectivity index (χ4n) is 3.12. The number of ether oxygens (including phenoxy) is 4. The number of nitrogens with zero attached hydrogens (tertiary/aromatic N) is 1. The topological polar surface area (TPSA) is 90.4 Å². The molecule has 1 heterocycles. The summed E-state index contributed by atoms with van der Waals surface area (Å²) in [6, 6.07) is 10.1. The van der Waals surface area contributed by atoms with Crippen LogP contribution in [0.25, 0.3) is 0 Å². The van der Waals surface area contributed by atoms with Crippen molar-refractivity contribution < 1.29 is 23.7 Å². The molecule has 0 bridgehead atoms. The summed E-state index contributed by atoms with van der Waals surface area (Å²) in [7, 11) is 4.61. The number of anilines is 1. The van der Waals surface area contributed by atoms with Crippen molar-refractivity contribution in [3.05, 3.63) is 47.0 Å². The minimum atomic E-state index is -0.378. The highest BCUT2D eigenvalue weighted by molar-refractivity contribution is 6.31. The van der Waals surface area contributed by atoms with Gasteiger partial charge in [-0.15, -0.1) is 0 Å². The number of halogens is 1. The molecule has 0 aliphatic carbocycles. The van der Waals surface area contributed by atoms with Crippen LogP contribution in [0.2, 0.25) is 5.02 Å². The molecule has 3 rings (SSSR count). The average molecular weight is 448 g/mol. The van der Waals surface area contributed by atoms with E-state index in [0.29, 0.717) is 40.1 Å². The van der Waals surface area contributed by atoms with E-state index in [4.69, 9.17) is 30.5 Å². The number of carbonyl (C=O) groups excluding carboxylic acids is 1. The highest BCUT2D eigenvalue weighted by atomic mass is 35.5. The first-order chi connectivity index (χ1) is 15.0. The molecule has 166 valence electrons. The summed E-state index contributed by atoms with van der Waals surface area (Å²) in [4.78, 5) is 17.5. The van der Waals surface area contributed by atoms with Crippen molar-refractivity contribution in [3.8, 4) is 17.2 Å². The van der Waals surface area contributed by atoms with Gasteiger partial charge in [0.1, 0.15) is 17.2 Å². The average Bonchev–Trinajstić information content (AvgIpc) is 3.31. The molecule has 0 saturated carbocycles. The van der Waals surface area contributed by atoms with Crippen molar-refractivity contribution in [2.75, 3.05) is 39.8 Å². The van der Waals surface area contributed by atoms with E-state index in [1.54, 1.807) is 43.5 Å². The Balaban J connectivity index is 1.85. The third-order valence-electron chi connectivity index (χ3n) is 4.74. The van der Waals surface area contributed by atoms with Crippen LogP contribution in [-0.4, -0.2) is 52.5 Å². The van der Waals surface area contributed by atoms with E-state index >= 15 is 0 Å². The van der Waals surface area contributed by atoms with E-state index < -0.39 is 0 Å². The lowest BCUT2D eigenvalue weighted by Gasteiger charge is -2.16. The van der Waals surface area contributed by atoms with Crippen LogP contribution in [0.15, 0.2) is 41.4 Å². The molecule has 0 spiro atoms. The number of aliphatic imine (C=N–C) groups is 1. The van der Waals surface area contributed by atoms with Crippen LogP contribution in [0.4, 0.5) is 5.69 Å². The number of benzene rings is 2. The van der Waals surface area contributed by atoms with Crippen molar-refractivity contribution in [3.63, 3.8) is 0 Å². The quantitative estimate of drug-likeness (QED) is 0.496. The van der Waals surface area contributed by atoms with Gasteiger partial charge in [0.25, 0.3) is 5.91 Å². The number of methoxy groups -OCH3 is 3. The monoisotopic (exact) mass is 447 g/mol. The summed E-state index contributed by atoms with van der Waals surface area (Å²) in [5.41, 5.74) is 0.936. The number of guanidine groups is 1. The third kappa shape index (κ3) is 6.26. The molecule has 8 nitrogen and oxygen atoms in total. The van der Waals surface area contributed by atoms with Crippen molar-refractivity contribution >= 4 is 29.2 Å². The first kappa shape index (κ1) is 22.7. The van der Waals surface area contributed by atoms with Crippen molar-refractivity contribution in [1.29, 1.82) is 0 Å². The zero-order valence-electron chi connectivity index (χ0n) is 17.7. The first-order valence-electron chi connectivity index (χ1n) is 9.83. The Morgan fingerprint density at radius 2 is 1.87 bits per heavy atom. The summed E-state index contributed by atoms with van der Waals surface area (Å²) in [6.45, 7) is 1.13. The lowest BCUT2D eigenvalue weighted by atomic mass is 10.2. The van der Waals surface area contributed by atoms with Crippen molar-refractivity contribution in [1.82, 2.24) is 5.32 Å². The second-order valence-electron chi connectivity index (χ2n) is 6.85. The number of hydrogen-bond donors (Lipinski definition) is 2. The van der Waals surface area contributed by atoms with Gasteiger partial charge >= 0.3 is 0 Å². The van der Waals surface area contributed by atoms with E-state index in [2.05, 4.69) is 15.6 Å².